The molecule has 0 atom stereocenters. The molecule has 0 amide bonds. The Balaban J connectivity index is 0.000000314. The van der Waals surface area contributed by atoms with Gasteiger partial charge in [0, 0.05) is 5.41 Å². The molecule has 27 heavy (non-hydrogen) atoms. The summed E-state index contributed by atoms with van der Waals surface area (Å²) >= 11 is 0. The molecule has 0 aliphatic rings. The number of carbonyl (C=O) groups excluding carboxylic acids is 1. The maximum absolute atomic E-state index is 10.4. The second-order valence-electron chi connectivity index (χ2n) is 6.17. The van der Waals surface area contributed by atoms with E-state index < -0.39 is 6.16 Å². The van der Waals surface area contributed by atoms with Crippen LogP contribution in [0, 0.1) is 0 Å². The van der Waals surface area contributed by atoms with Crippen LogP contribution in [0.4, 0.5) is 4.79 Å². The highest BCUT2D eigenvalue weighted by Crippen LogP contribution is 2.32. The standard InChI is InChI=1S/C15H16O2.C7H10O3/c1-15(2,11-3-7-13(16)8-4-11)12-5-9-14(17)10-6-12;1-3-5-9-7(8)10-6-4-2/h3-10,16-17H,1-2H3;3-4H,1-2,5-6H2. The molecule has 5 nitrogen and oxygen atoms in total. The molecule has 0 spiro atoms. The van der Waals surface area contributed by atoms with Gasteiger partial charge in [0.2, 0.25) is 0 Å². The largest absolute Gasteiger partial charge is 0.508 e. The first-order valence-electron chi connectivity index (χ1n) is 8.41. The Morgan fingerprint density at radius 1 is 0.852 bits per heavy atom. The minimum atomic E-state index is -0.695. The molecule has 0 aliphatic heterocycles. The molecule has 0 bridgehead atoms. The van der Waals surface area contributed by atoms with Gasteiger partial charge in [0.05, 0.1) is 0 Å². The number of ether oxygens (including phenoxy) is 2. The Morgan fingerprint density at radius 2 is 1.19 bits per heavy atom. The Morgan fingerprint density at radius 3 is 1.48 bits per heavy atom. The van der Waals surface area contributed by atoms with Crippen molar-refractivity contribution in [2.24, 2.45) is 0 Å². The van der Waals surface area contributed by atoms with E-state index in [1.165, 1.54) is 12.2 Å². The Bertz CT molecular complexity index is 669. The van der Waals surface area contributed by atoms with E-state index in [1.807, 2.05) is 24.3 Å². The summed E-state index contributed by atoms with van der Waals surface area (Å²) < 4.78 is 8.93. The van der Waals surface area contributed by atoms with Gasteiger partial charge in [-0.15, -0.1) is 0 Å². The summed E-state index contributed by atoms with van der Waals surface area (Å²) in [4.78, 5) is 10.4. The van der Waals surface area contributed by atoms with Crippen LogP contribution in [0.1, 0.15) is 25.0 Å². The van der Waals surface area contributed by atoms with Crippen molar-refractivity contribution in [1.29, 1.82) is 0 Å². The predicted molar refractivity (Wildman–Crippen MR) is 106 cm³/mol. The normalized spacial score (nSPS) is 10.1. The van der Waals surface area contributed by atoms with Gasteiger partial charge in [-0.25, -0.2) is 4.79 Å². The van der Waals surface area contributed by atoms with Crippen molar-refractivity contribution in [2.75, 3.05) is 13.2 Å². The van der Waals surface area contributed by atoms with Gasteiger partial charge in [-0.1, -0.05) is 63.4 Å². The lowest BCUT2D eigenvalue weighted by molar-refractivity contribution is 0.0718. The van der Waals surface area contributed by atoms with Crippen molar-refractivity contribution in [1.82, 2.24) is 0 Å². The van der Waals surface area contributed by atoms with Gasteiger partial charge in [0.25, 0.3) is 0 Å². The van der Waals surface area contributed by atoms with Gasteiger partial charge in [0.15, 0.2) is 0 Å². The lowest BCUT2D eigenvalue weighted by Crippen LogP contribution is -2.18. The third-order valence-corrected chi connectivity index (χ3v) is 3.82. The second kappa shape index (κ2) is 10.7. The van der Waals surface area contributed by atoms with E-state index in [-0.39, 0.29) is 30.1 Å². The Hall–Kier alpha value is -3.21. The predicted octanol–water partition coefficient (Wildman–Crippen LogP) is 4.94. The zero-order valence-corrected chi connectivity index (χ0v) is 15.7. The van der Waals surface area contributed by atoms with Crippen molar-refractivity contribution in [2.45, 2.75) is 19.3 Å². The first-order valence-corrected chi connectivity index (χ1v) is 8.41. The first-order chi connectivity index (χ1) is 12.8. The summed E-state index contributed by atoms with van der Waals surface area (Å²) in [7, 11) is 0. The molecule has 0 saturated carbocycles. The molecule has 0 radical (unpaired) electrons. The van der Waals surface area contributed by atoms with E-state index in [0.717, 1.165) is 11.1 Å². The van der Waals surface area contributed by atoms with Crippen molar-refractivity contribution in [3.8, 4) is 11.5 Å². The fourth-order valence-corrected chi connectivity index (χ4v) is 2.22. The van der Waals surface area contributed by atoms with Crippen molar-refractivity contribution < 1.29 is 24.5 Å². The molecule has 0 heterocycles. The summed E-state index contributed by atoms with van der Waals surface area (Å²) in [6.45, 7) is 11.3. The van der Waals surface area contributed by atoms with E-state index in [0.29, 0.717) is 0 Å². The van der Waals surface area contributed by atoms with Gasteiger partial charge in [-0.05, 0) is 35.4 Å². The van der Waals surface area contributed by atoms with Crippen LogP contribution in [-0.4, -0.2) is 29.6 Å². The quantitative estimate of drug-likeness (QED) is 0.557. The summed E-state index contributed by atoms with van der Waals surface area (Å²) in [6.07, 6.45) is 2.24. The third kappa shape index (κ3) is 7.28. The SMILES string of the molecule is C=CCOC(=O)OCC=C.CC(C)(c1ccc(O)cc1)c1ccc(O)cc1. The van der Waals surface area contributed by atoms with E-state index in [9.17, 15) is 15.0 Å². The number of aromatic hydroxyl groups is 2. The molecular weight excluding hydrogens is 344 g/mol. The summed E-state index contributed by atoms with van der Waals surface area (Å²) in [6, 6.07) is 14.4. The number of phenolic OH excluding ortho intramolecular Hbond substituents is 2. The zero-order chi connectivity index (χ0) is 20.3. The smallest absolute Gasteiger partial charge is 0.508 e. The molecule has 2 aromatic rings. The van der Waals surface area contributed by atoms with Crippen LogP contribution in [0.25, 0.3) is 0 Å². The average molecular weight is 370 g/mol. The molecule has 0 fully saturated rings. The van der Waals surface area contributed by atoms with Crippen LogP contribution in [0.5, 0.6) is 11.5 Å². The van der Waals surface area contributed by atoms with Crippen molar-refractivity contribution >= 4 is 6.16 Å². The molecule has 0 saturated heterocycles. The summed E-state index contributed by atoms with van der Waals surface area (Å²) in [5, 5.41) is 18.6. The molecular formula is C22H26O5. The van der Waals surface area contributed by atoms with Gasteiger partial charge in [0.1, 0.15) is 24.7 Å². The summed E-state index contributed by atoms with van der Waals surface area (Å²) in [5.41, 5.74) is 2.10. The average Bonchev–Trinajstić information content (AvgIpc) is 2.66. The zero-order valence-electron chi connectivity index (χ0n) is 15.7. The number of benzene rings is 2. The minimum absolute atomic E-state index is 0.151. The number of phenols is 2. The molecule has 2 aromatic carbocycles. The number of carbonyl (C=O) groups is 1. The van der Waals surface area contributed by atoms with Gasteiger partial charge >= 0.3 is 6.16 Å². The maximum Gasteiger partial charge on any atom is 0.508 e. The molecule has 2 N–H and O–H groups in total. The van der Waals surface area contributed by atoms with Crippen LogP contribution in [0.2, 0.25) is 0 Å². The minimum Gasteiger partial charge on any atom is -0.508 e. The lowest BCUT2D eigenvalue weighted by atomic mass is 9.78. The van der Waals surface area contributed by atoms with E-state index >= 15 is 0 Å². The van der Waals surface area contributed by atoms with Crippen LogP contribution in [-0.2, 0) is 14.9 Å². The van der Waals surface area contributed by atoms with Crippen LogP contribution in [0.3, 0.4) is 0 Å². The number of rotatable bonds is 6. The monoisotopic (exact) mass is 370 g/mol. The van der Waals surface area contributed by atoms with Crippen molar-refractivity contribution in [3.05, 3.63) is 85.0 Å². The van der Waals surface area contributed by atoms with E-state index in [2.05, 4.69) is 36.5 Å². The third-order valence-electron chi connectivity index (χ3n) is 3.82. The lowest BCUT2D eigenvalue weighted by Gasteiger charge is -2.26. The number of hydrogen-bond donors (Lipinski definition) is 2. The molecule has 0 unspecified atom stereocenters. The summed E-state index contributed by atoms with van der Waals surface area (Å²) in [5.74, 6) is 0.547. The van der Waals surface area contributed by atoms with Gasteiger partial charge < -0.3 is 19.7 Å². The highest BCUT2D eigenvalue weighted by molar-refractivity contribution is 5.60. The molecule has 0 aliphatic carbocycles. The fourth-order valence-electron chi connectivity index (χ4n) is 2.22. The highest BCUT2D eigenvalue weighted by atomic mass is 16.7. The highest BCUT2D eigenvalue weighted by Gasteiger charge is 2.22. The van der Waals surface area contributed by atoms with Gasteiger partial charge in [-0.2, -0.15) is 0 Å². The van der Waals surface area contributed by atoms with Crippen LogP contribution < -0.4 is 0 Å². The van der Waals surface area contributed by atoms with Crippen LogP contribution in [0.15, 0.2) is 73.8 Å². The molecule has 5 heteroatoms. The van der Waals surface area contributed by atoms with E-state index in [4.69, 9.17) is 0 Å². The second-order valence-corrected chi connectivity index (χ2v) is 6.17. The maximum atomic E-state index is 10.4. The Kier molecular flexibility index (Phi) is 8.66. The van der Waals surface area contributed by atoms with E-state index in [1.54, 1.807) is 24.3 Å². The molecule has 2 rings (SSSR count). The van der Waals surface area contributed by atoms with Crippen molar-refractivity contribution in [3.63, 3.8) is 0 Å². The molecule has 144 valence electrons. The fraction of sp³-hybridized carbons (Fsp3) is 0.227. The molecule has 0 aromatic heterocycles. The Labute approximate surface area is 160 Å². The van der Waals surface area contributed by atoms with Gasteiger partial charge in [-0.3, -0.25) is 0 Å². The topological polar surface area (TPSA) is 76.0 Å². The number of hydrogen-bond acceptors (Lipinski definition) is 5. The van der Waals surface area contributed by atoms with Crippen LogP contribution >= 0.6 is 0 Å². The first kappa shape index (κ1) is 21.8.